The summed E-state index contributed by atoms with van der Waals surface area (Å²) >= 11 is 0. The number of aryl methyl sites for hydroxylation is 1. The average Bonchev–Trinajstić information content (AvgIpc) is 2.67. The second-order valence-corrected chi connectivity index (χ2v) is 6.26. The van der Waals surface area contributed by atoms with Gasteiger partial charge < -0.3 is 19.9 Å². The van der Waals surface area contributed by atoms with Crippen LogP contribution in [0.5, 0.6) is 5.75 Å². The highest BCUT2D eigenvalue weighted by atomic mass is 16.5. The van der Waals surface area contributed by atoms with Gasteiger partial charge in [-0.1, -0.05) is 29.8 Å². The number of nitrogens with one attached hydrogen (secondary N) is 1. The van der Waals surface area contributed by atoms with E-state index in [1.807, 2.05) is 47.4 Å². The van der Waals surface area contributed by atoms with E-state index >= 15 is 0 Å². The molecule has 5 heteroatoms. The minimum Gasteiger partial charge on any atom is -0.495 e. The van der Waals surface area contributed by atoms with Gasteiger partial charge in [0.2, 0.25) is 5.91 Å². The number of rotatable bonds is 5. The molecule has 1 N–H and O–H groups in total. The first-order chi connectivity index (χ1) is 12.2. The molecule has 3 rings (SSSR count). The van der Waals surface area contributed by atoms with Gasteiger partial charge >= 0.3 is 0 Å². The molecule has 1 amide bonds. The quantitative estimate of drug-likeness (QED) is 0.910. The van der Waals surface area contributed by atoms with Crippen LogP contribution in [0.15, 0.2) is 48.5 Å². The molecule has 0 radical (unpaired) electrons. The van der Waals surface area contributed by atoms with Crippen molar-refractivity contribution in [3.8, 4) is 5.75 Å². The number of benzene rings is 2. The largest absolute Gasteiger partial charge is 0.495 e. The minimum atomic E-state index is 0.139. The number of nitrogens with zero attached hydrogens (tertiary/aromatic N) is 2. The minimum absolute atomic E-state index is 0.139. The van der Waals surface area contributed by atoms with Crippen molar-refractivity contribution in [3.05, 3.63) is 54.1 Å². The summed E-state index contributed by atoms with van der Waals surface area (Å²) in [5.74, 6) is 1.02. The zero-order chi connectivity index (χ0) is 17.6. The molecule has 0 atom stereocenters. The number of carbonyl (C=O) groups is 1. The van der Waals surface area contributed by atoms with Gasteiger partial charge in [0, 0.05) is 31.9 Å². The average molecular weight is 339 g/mol. The van der Waals surface area contributed by atoms with Crippen LogP contribution in [0.4, 0.5) is 11.4 Å². The Morgan fingerprint density at radius 3 is 2.40 bits per heavy atom. The van der Waals surface area contributed by atoms with Crippen molar-refractivity contribution in [2.75, 3.05) is 50.1 Å². The van der Waals surface area contributed by atoms with Crippen LogP contribution in [0.25, 0.3) is 0 Å². The molecule has 1 fully saturated rings. The topological polar surface area (TPSA) is 44.8 Å². The van der Waals surface area contributed by atoms with Crippen LogP contribution in [0, 0.1) is 6.92 Å². The lowest BCUT2D eigenvalue weighted by molar-refractivity contribution is -0.129. The van der Waals surface area contributed by atoms with Crippen molar-refractivity contribution in [1.29, 1.82) is 0 Å². The maximum atomic E-state index is 12.4. The molecule has 0 spiro atoms. The summed E-state index contributed by atoms with van der Waals surface area (Å²) in [6.07, 6.45) is 0. The van der Waals surface area contributed by atoms with Crippen LogP contribution in [0.3, 0.4) is 0 Å². The highest BCUT2D eigenvalue weighted by Gasteiger charge is 2.22. The van der Waals surface area contributed by atoms with Crippen LogP contribution < -0.4 is 15.0 Å². The molecule has 1 heterocycles. The molecular formula is C20H25N3O2. The van der Waals surface area contributed by atoms with Gasteiger partial charge in [0.1, 0.15) is 5.75 Å². The van der Waals surface area contributed by atoms with E-state index in [-0.39, 0.29) is 5.91 Å². The molecule has 2 aromatic carbocycles. The highest BCUT2D eigenvalue weighted by Crippen LogP contribution is 2.28. The summed E-state index contributed by atoms with van der Waals surface area (Å²) in [5.41, 5.74) is 3.28. The molecule has 132 valence electrons. The number of piperazine rings is 1. The van der Waals surface area contributed by atoms with E-state index in [1.165, 1.54) is 5.56 Å². The van der Waals surface area contributed by atoms with Gasteiger partial charge in [0.05, 0.1) is 19.3 Å². The van der Waals surface area contributed by atoms with Gasteiger partial charge in [-0.3, -0.25) is 4.79 Å². The Balaban J connectivity index is 1.51. The summed E-state index contributed by atoms with van der Waals surface area (Å²) < 4.78 is 5.44. The zero-order valence-corrected chi connectivity index (χ0v) is 14.9. The first-order valence-corrected chi connectivity index (χ1v) is 8.63. The van der Waals surface area contributed by atoms with Gasteiger partial charge in [-0.15, -0.1) is 0 Å². The van der Waals surface area contributed by atoms with E-state index in [0.717, 1.165) is 43.3 Å². The Kier molecular flexibility index (Phi) is 5.43. The van der Waals surface area contributed by atoms with E-state index in [9.17, 15) is 4.79 Å². The van der Waals surface area contributed by atoms with Crippen molar-refractivity contribution in [2.45, 2.75) is 6.92 Å². The first-order valence-electron chi connectivity index (χ1n) is 8.63. The van der Waals surface area contributed by atoms with Gasteiger partial charge in [-0.05, 0) is 31.2 Å². The molecule has 0 aliphatic carbocycles. The summed E-state index contributed by atoms with van der Waals surface area (Å²) in [5, 5.41) is 3.21. The van der Waals surface area contributed by atoms with Crippen molar-refractivity contribution in [2.24, 2.45) is 0 Å². The van der Waals surface area contributed by atoms with E-state index in [4.69, 9.17) is 4.74 Å². The Morgan fingerprint density at radius 2 is 1.72 bits per heavy atom. The van der Waals surface area contributed by atoms with Gasteiger partial charge in [0.25, 0.3) is 0 Å². The molecule has 0 unspecified atom stereocenters. The Bertz CT molecular complexity index is 707. The molecule has 25 heavy (non-hydrogen) atoms. The number of hydrogen-bond acceptors (Lipinski definition) is 4. The van der Waals surface area contributed by atoms with Crippen molar-refractivity contribution >= 4 is 17.3 Å². The lowest BCUT2D eigenvalue weighted by Crippen LogP contribution is -2.50. The summed E-state index contributed by atoms with van der Waals surface area (Å²) in [6, 6.07) is 16.1. The van der Waals surface area contributed by atoms with Crippen molar-refractivity contribution in [1.82, 2.24) is 4.90 Å². The number of methoxy groups -OCH3 is 1. The Hall–Kier alpha value is -2.69. The first kappa shape index (κ1) is 17.1. The smallest absolute Gasteiger partial charge is 0.241 e. The van der Waals surface area contributed by atoms with Crippen molar-refractivity contribution in [3.63, 3.8) is 0 Å². The van der Waals surface area contributed by atoms with E-state index in [2.05, 4.69) is 23.2 Å². The molecule has 0 saturated carbocycles. The van der Waals surface area contributed by atoms with Gasteiger partial charge in [-0.25, -0.2) is 0 Å². The van der Waals surface area contributed by atoms with Gasteiger partial charge in [-0.2, -0.15) is 0 Å². The molecular weight excluding hydrogens is 314 g/mol. The van der Waals surface area contributed by atoms with Crippen LogP contribution >= 0.6 is 0 Å². The number of carbonyl (C=O) groups excluding carboxylic acids is 1. The van der Waals surface area contributed by atoms with Gasteiger partial charge in [0.15, 0.2) is 0 Å². The summed E-state index contributed by atoms with van der Waals surface area (Å²) in [4.78, 5) is 16.6. The Morgan fingerprint density at radius 1 is 1.04 bits per heavy atom. The maximum Gasteiger partial charge on any atom is 0.241 e. The van der Waals surface area contributed by atoms with Crippen molar-refractivity contribution < 1.29 is 9.53 Å². The van der Waals surface area contributed by atoms with E-state index in [1.54, 1.807) is 7.11 Å². The molecule has 2 aromatic rings. The number of anilines is 2. The fourth-order valence-corrected chi connectivity index (χ4v) is 3.05. The highest BCUT2D eigenvalue weighted by molar-refractivity contribution is 5.81. The second-order valence-electron chi connectivity index (χ2n) is 6.26. The van der Waals surface area contributed by atoms with E-state index < -0.39 is 0 Å². The van der Waals surface area contributed by atoms with E-state index in [0.29, 0.717) is 6.54 Å². The third-order valence-electron chi connectivity index (χ3n) is 4.55. The predicted molar refractivity (Wildman–Crippen MR) is 101 cm³/mol. The van der Waals surface area contributed by atoms with Crippen LogP contribution in [-0.2, 0) is 4.79 Å². The molecule has 0 aromatic heterocycles. The maximum absolute atomic E-state index is 12.4. The summed E-state index contributed by atoms with van der Waals surface area (Å²) in [6.45, 7) is 5.47. The lowest BCUT2D eigenvalue weighted by atomic mass is 10.2. The fraction of sp³-hybridized carbons (Fsp3) is 0.350. The third-order valence-corrected chi connectivity index (χ3v) is 4.55. The lowest BCUT2D eigenvalue weighted by Gasteiger charge is -2.36. The predicted octanol–water partition coefficient (Wildman–Crippen LogP) is 2.76. The monoisotopic (exact) mass is 339 g/mol. The second kappa shape index (κ2) is 7.92. The molecule has 0 bridgehead atoms. The van der Waals surface area contributed by atoms with Crippen LogP contribution in [0.1, 0.15) is 5.56 Å². The fourth-order valence-electron chi connectivity index (χ4n) is 3.05. The number of ether oxygens (including phenoxy) is 1. The van der Waals surface area contributed by atoms with Crippen LogP contribution in [-0.4, -0.2) is 50.6 Å². The number of amides is 1. The standard InChI is InChI=1S/C20H25N3O2/c1-16-7-9-17(10-8-16)21-15-20(24)23-13-11-22(12-14-23)18-5-3-4-6-19(18)25-2/h3-10,21H,11-15H2,1-2H3. The summed E-state index contributed by atoms with van der Waals surface area (Å²) in [7, 11) is 1.69. The molecule has 1 aliphatic rings. The zero-order valence-electron chi connectivity index (χ0n) is 14.9. The molecule has 5 nitrogen and oxygen atoms in total. The molecule has 1 aliphatic heterocycles. The third kappa shape index (κ3) is 4.24. The molecule has 1 saturated heterocycles. The van der Waals surface area contributed by atoms with Crippen LogP contribution in [0.2, 0.25) is 0 Å². The normalized spacial score (nSPS) is 14.3. The SMILES string of the molecule is COc1ccccc1N1CCN(C(=O)CNc2ccc(C)cc2)CC1. The number of hydrogen-bond donors (Lipinski definition) is 1. The number of para-hydroxylation sites is 2. The Labute approximate surface area is 149 Å².